The fraction of sp³-hybridized carbons (Fsp3) is 0.783. The summed E-state index contributed by atoms with van der Waals surface area (Å²) in [5.74, 6) is 4.80. The van der Waals surface area contributed by atoms with Crippen LogP contribution in [-0.4, -0.2) is 27.5 Å². The Bertz CT molecular complexity index is 793. The van der Waals surface area contributed by atoms with Crippen LogP contribution in [0.5, 0.6) is 0 Å². The first kappa shape index (κ1) is 18.2. The van der Waals surface area contributed by atoms with Crippen molar-refractivity contribution < 1.29 is 0 Å². The van der Waals surface area contributed by atoms with E-state index in [-0.39, 0.29) is 21.6 Å². The summed E-state index contributed by atoms with van der Waals surface area (Å²) in [6.07, 6.45) is 9.95. The molecule has 0 heterocycles. The number of hydrogen-bond acceptors (Lipinski definition) is 3. The Morgan fingerprint density at radius 2 is 1.46 bits per heavy atom. The molecule has 0 aromatic carbocycles. The lowest BCUT2D eigenvalue weighted by molar-refractivity contribution is 0.0567. The molecule has 0 radical (unpaired) electrons. The molecule has 8 bridgehead atoms. The summed E-state index contributed by atoms with van der Waals surface area (Å²) in [5, 5.41) is 3.65. The first-order chi connectivity index (χ1) is 13.3. The zero-order valence-corrected chi connectivity index (χ0v) is 18.4. The molecule has 3 nitrogen and oxygen atoms in total. The van der Waals surface area contributed by atoms with Gasteiger partial charge in [0.05, 0.1) is 15.5 Å². The van der Waals surface area contributed by atoms with Crippen molar-refractivity contribution in [3.63, 3.8) is 0 Å². The number of aliphatic imine (C=N–C) groups is 1. The van der Waals surface area contributed by atoms with Gasteiger partial charge in [-0.2, -0.15) is 25.3 Å². The summed E-state index contributed by atoms with van der Waals surface area (Å²) in [7, 11) is 0. The van der Waals surface area contributed by atoms with Crippen molar-refractivity contribution in [2.24, 2.45) is 46.2 Å². The predicted octanol–water partition coefficient (Wildman–Crippen LogP) is 3.98. The van der Waals surface area contributed by atoms with E-state index in [9.17, 15) is 0 Å². The van der Waals surface area contributed by atoms with Gasteiger partial charge >= 0.3 is 0 Å². The highest BCUT2D eigenvalue weighted by molar-refractivity contribution is 7.82. The monoisotopic (exact) mass is 415 g/mol. The zero-order valence-electron chi connectivity index (χ0n) is 16.6. The minimum absolute atomic E-state index is 0.124. The highest BCUT2D eigenvalue weighted by Crippen LogP contribution is 2.62. The second kappa shape index (κ2) is 5.78. The van der Waals surface area contributed by atoms with Crippen molar-refractivity contribution >= 4 is 31.2 Å². The summed E-state index contributed by atoms with van der Waals surface area (Å²) in [4.78, 5) is 5.09. The maximum absolute atomic E-state index is 6.55. The fourth-order valence-corrected chi connectivity index (χ4v) is 9.89. The Balaban J connectivity index is 1.27. The van der Waals surface area contributed by atoms with E-state index >= 15 is 0 Å². The van der Waals surface area contributed by atoms with Crippen molar-refractivity contribution in [2.45, 2.75) is 72.9 Å². The lowest BCUT2D eigenvalue weighted by atomic mass is 9.51. The van der Waals surface area contributed by atoms with E-state index in [1.165, 1.54) is 49.7 Å². The number of hydrogen-bond donors (Lipinski definition) is 4. The van der Waals surface area contributed by atoms with Gasteiger partial charge in [-0.3, -0.25) is 0 Å². The van der Waals surface area contributed by atoms with Crippen LogP contribution in [0.2, 0.25) is 0 Å². The Labute approximate surface area is 179 Å². The summed E-state index contributed by atoms with van der Waals surface area (Å²) < 4.78 is -0.283. The molecule has 8 saturated carbocycles. The van der Waals surface area contributed by atoms with E-state index in [0.717, 1.165) is 24.7 Å². The van der Waals surface area contributed by atoms with Crippen LogP contribution in [0.1, 0.15) is 51.4 Å². The van der Waals surface area contributed by atoms with Gasteiger partial charge in [-0.15, -0.1) is 0 Å². The third-order valence-electron chi connectivity index (χ3n) is 9.48. The topological polar surface area (TPSA) is 50.4 Å². The van der Waals surface area contributed by atoms with Gasteiger partial charge in [0.25, 0.3) is 0 Å². The van der Waals surface area contributed by atoms with Crippen LogP contribution < -0.4 is 11.1 Å². The zero-order chi connectivity index (χ0) is 19.4. The van der Waals surface area contributed by atoms with Crippen molar-refractivity contribution in [3.8, 4) is 0 Å². The number of guanidine groups is 1. The highest BCUT2D eigenvalue weighted by atomic mass is 32.1. The van der Waals surface area contributed by atoms with Crippen LogP contribution in [0, 0.1) is 35.5 Å². The number of nitrogens with one attached hydrogen (secondary N) is 1. The second-order valence-electron chi connectivity index (χ2n) is 10.9. The number of thiol groups is 2. The molecule has 10 unspecified atom stereocenters. The summed E-state index contributed by atoms with van der Waals surface area (Å²) in [6, 6.07) is 0.426. The molecule has 8 aliphatic rings. The molecular formula is C23H33N3S2. The largest absolute Gasteiger partial charge is 0.370 e. The Morgan fingerprint density at radius 1 is 0.893 bits per heavy atom. The predicted molar refractivity (Wildman–Crippen MR) is 122 cm³/mol. The van der Waals surface area contributed by atoms with E-state index in [4.69, 9.17) is 36.0 Å². The average molecular weight is 416 g/mol. The summed E-state index contributed by atoms with van der Waals surface area (Å²) in [5.41, 5.74) is 9.21. The first-order valence-corrected chi connectivity index (χ1v) is 12.1. The maximum Gasteiger partial charge on any atom is 0.189 e. The van der Waals surface area contributed by atoms with Crippen LogP contribution in [0.25, 0.3) is 0 Å². The van der Waals surface area contributed by atoms with E-state index in [1.807, 2.05) is 0 Å². The van der Waals surface area contributed by atoms with Gasteiger partial charge in [0.1, 0.15) is 0 Å². The average Bonchev–Trinajstić information content (AvgIpc) is 2.64. The smallest absolute Gasteiger partial charge is 0.189 e. The van der Waals surface area contributed by atoms with Crippen LogP contribution in [0.3, 0.4) is 0 Å². The van der Waals surface area contributed by atoms with Gasteiger partial charge in [-0.1, -0.05) is 24.3 Å². The summed E-state index contributed by atoms with van der Waals surface area (Å²) in [6.45, 7) is 8.91. The molecule has 152 valence electrons. The van der Waals surface area contributed by atoms with E-state index < -0.39 is 0 Å². The molecule has 0 aromatic heterocycles. The quantitative estimate of drug-likeness (QED) is 0.239. The lowest BCUT2D eigenvalue weighted by Gasteiger charge is -2.61. The highest BCUT2D eigenvalue weighted by Gasteiger charge is 2.59. The Morgan fingerprint density at radius 3 is 2.18 bits per heavy atom. The van der Waals surface area contributed by atoms with Crippen LogP contribution in [0.15, 0.2) is 29.3 Å². The van der Waals surface area contributed by atoms with E-state index in [0.29, 0.717) is 29.6 Å². The molecule has 0 spiro atoms. The standard InChI is InChI=1S/C23H33N3S2/c1-11-15-3-13-5-17(7-15)19(22(11,27)9-13)25-21(24)26-20-18-6-14-4-16(8-18)12(2)23(20,28)10-14/h13-20,27-28H,1-10H2,(H3,24,25,26). The third kappa shape index (κ3) is 2.29. The minimum atomic E-state index is -0.159. The number of nitrogens with zero attached hydrogens (tertiary/aromatic N) is 1. The SMILES string of the molecule is C=C1C2CC3CC(C2)C(N=C(N)NC2C4CC5CC(C4)C(=C)C2(S)C5)C1(S)C3. The van der Waals surface area contributed by atoms with Gasteiger partial charge in [-0.05, 0) is 86.9 Å². The molecule has 0 amide bonds. The van der Waals surface area contributed by atoms with Crippen molar-refractivity contribution in [2.75, 3.05) is 0 Å². The molecule has 10 atom stereocenters. The van der Waals surface area contributed by atoms with Gasteiger partial charge in [-0.25, -0.2) is 4.99 Å². The van der Waals surface area contributed by atoms with E-state index in [1.54, 1.807) is 0 Å². The van der Waals surface area contributed by atoms with Gasteiger partial charge in [0.2, 0.25) is 0 Å². The van der Waals surface area contributed by atoms with Crippen LogP contribution >= 0.6 is 25.3 Å². The summed E-state index contributed by atoms with van der Waals surface area (Å²) >= 11 is 10.4. The maximum atomic E-state index is 6.55. The minimum Gasteiger partial charge on any atom is -0.370 e. The van der Waals surface area contributed by atoms with Gasteiger partial charge in [0.15, 0.2) is 5.96 Å². The number of nitrogens with two attached hydrogens (primary N) is 1. The second-order valence-corrected chi connectivity index (χ2v) is 12.5. The fourth-order valence-electron chi connectivity index (χ4n) is 8.46. The van der Waals surface area contributed by atoms with Crippen molar-refractivity contribution in [3.05, 3.63) is 24.3 Å². The molecule has 3 N–H and O–H groups in total. The van der Waals surface area contributed by atoms with Gasteiger partial charge < -0.3 is 11.1 Å². The van der Waals surface area contributed by atoms with Gasteiger partial charge in [0, 0.05) is 6.04 Å². The molecule has 8 fully saturated rings. The van der Waals surface area contributed by atoms with E-state index in [2.05, 4.69) is 18.5 Å². The molecule has 8 aliphatic carbocycles. The molecule has 0 aliphatic heterocycles. The Kier molecular flexibility index (Phi) is 3.76. The molecule has 5 heteroatoms. The molecular weight excluding hydrogens is 382 g/mol. The van der Waals surface area contributed by atoms with Crippen molar-refractivity contribution in [1.29, 1.82) is 0 Å². The van der Waals surface area contributed by atoms with Crippen molar-refractivity contribution in [1.82, 2.24) is 5.32 Å². The normalized spacial score (nSPS) is 56.6. The van der Waals surface area contributed by atoms with Crippen LogP contribution in [-0.2, 0) is 0 Å². The number of rotatable bonds is 2. The lowest BCUT2D eigenvalue weighted by Crippen LogP contribution is -2.66. The molecule has 0 saturated heterocycles. The first-order valence-electron chi connectivity index (χ1n) is 11.2. The Hall–Kier alpha value is -0.550. The molecule has 28 heavy (non-hydrogen) atoms. The molecule has 0 aromatic rings. The molecule has 8 rings (SSSR count). The third-order valence-corrected chi connectivity index (χ3v) is 11.0. The van der Waals surface area contributed by atoms with Crippen LogP contribution in [0.4, 0.5) is 0 Å².